The van der Waals surface area contributed by atoms with Crippen molar-refractivity contribution >= 4 is 5.69 Å². The fourth-order valence-electron chi connectivity index (χ4n) is 3.40. The van der Waals surface area contributed by atoms with E-state index in [2.05, 4.69) is 38.2 Å². The molecular weight excluding hydrogens is 246 g/mol. The van der Waals surface area contributed by atoms with E-state index < -0.39 is 5.54 Å². The highest BCUT2D eigenvalue weighted by molar-refractivity contribution is 5.50. The molecule has 0 aromatic heterocycles. The minimum atomic E-state index is -0.486. The summed E-state index contributed by atoms with van der Waals surface area (Å²) in [6.45, 7) is 6.59. The molecule has 1 fully saturated rings. The maximum Gasteiger partial charge on any atom is 0.128 e. The van der Waals surface area contributed by atoms with Crippen LogP contribution in [-0.2, 0) is 6.42 Å². The Morgan fingerprint density at radius 3 is 2.35 bits per heavy atom. The van der Waals surface area contributed by atoms with Crippen LogP contribution in [0.4, 0.5) is 5.69 Å². The summed E-state index contributed by atoms with van der Waals surface area (Å²) in [5, 5.41) is 21.8. The van der Waals surface area contributed by atoms with Crippen molar-refractivity contribution < 1.29 is 0 Å². The van der Waals surface area contributed by atoms with Crippen LogP contribution in [0.15, 0.2) is 24.3 Å². The highest BCUT2D eigenvalue weighted by atomic mass is 15.0. The second-order valence-corrected chi connectivity index (χ2v) is 6.69. The SMILES string of the molecule is C[C@H]1CC(C)(C)C[C@]1(C#N)Nc1ccc(CC#N)cc1. The third-order valence-corrected chi connectivity index (χ3v) is 4.26. The van der Waals surface area contributed by atoms with Gasteiger partial charge in [0.05, 0.1) is 18.6 Å². The monoisotopic (exact) mass is 267 g/mol. The lowest BCUT2D eigenvalue weighted by Crippen LogP contribution is -2.39. The van der Waals surface area contributed by atoms with E-state index in [4.69, 9.17) is 5.26 Å². The van der Waals surface area contributed by atoms with Gasteiger partial charge in [0.1, 0.15) is 5.54 Å². The highest BCUT2D eigenvalue weighted by Crippen LogP contribution is 2.48. The van der Waals surface area contributed by atoms with Gasteiger partial charge in [-0.3, -0.25) is 0 Å². The van der Waals surface area contributed by atoms with Gasteiger partial charge in [0.25, 0.3) is 0 Å². The summed E-state index contributed by atoms with van der Waals surface area (Å²) in [6, 6.07) is 12.5. The van der Waals surface area contributed by atoms with E-state index in [9.17, 15) is 5.26 Å². The van der Waals surface area contributed by atoms with E-state index in [1.165, 1.54) is 0 Å². The van der Waals surface area contributed by atoms with Crippen molar-refractivity contribution in [3.8, 4) is 12.1 Å². The molecule has 1 aliphatic rings. The average molecular weight is 267 g/mol. The summed E-state index contributed by atoms with van der Waals surface area (Å²) in [4.78, 5) is 0. The Morgan fingerprint density at radius 2 is 1.90 bits per heavy atom. The topological polar surface area (TPSA) is 59.6 Å². The van der Waals surface area contributed by atoms with Crippen molar-refractivity contribution in [3.05, 3.63) is 29.8 Å². The van der Waals surface area contributed by atoms with E-state index >= 15 is 0 Å². The Bertz CT molecular complexity index is 559. The number of nitrogens with zero attached hydrogens (tertiary/aromatic N) is 2. The van der Waals surface area contributed by atoms with Crippen molar-refractivity contribution in [2.75, 3.05) is 5.32 Å². The number of hydrogen-bond acceptors (Lipinski definition) is 3. The zero-order valence-corrected chi connectivity index (χ0v) is 12.4. The Hall–Kier alpha value is -2.00. The minimum absolute atomic E-state index is 0.197. The largest absolute Gasteiger partial charge is 0.367 e. The number of nitrogens with one attached hydrogen (secondary N) is 1. The zero-order chi connectivity index (χ0) is 14.8. The summed E-state index contributed by atoms with van der Waals surface area (Å²) in [5.74, 6) is 0.321. The molecule has 3 heteroatoms. The van der Waals surface area contributed by atoms with Crippen molar-refractivity contribution in [1.82, 2.24) is 0 Å². The lowest BCUT2D eigenvalue weighted by molar-refractivity contribution is 0.363. The van der Waals surface area contributed by atoms with Gasteiger partial charge in [-0.2, -0.15) is 10.5 Å². The molecule has 1 aromatic carbocycles. The van der Waals surface area contributed by atoms with E-state index in [1.54, 1.807) is 0 Å². The predicted molar refractivity (Wildman–Crippen MR) is 79.9 cm³/mol. The van der Waals surface area contributed by atoms with Crippen LogP contribution in [-0.4, -0.2) is 5.54 Å². The number of hydrogen-bond donors (Lipinski definition) is 1. The van der Waals surface area contributed by atoms with Gasteiger partial charge in [0, 0.05) is 5.69 Å². The Morgan fingerprint density at radius 1 is 1.25 bits per heavy atom. The molecule has 1 saturated carbocycles. The fourth-order valence-corrected chi connectivity index (χ4v) is 3.40. The number of benzene rings is 1. The van der Waals surface area contributed by atoms with Crippen LogP contribution in [0, 0.1) is 34.0 Å². The smallest absolute Gasteiger partial charge is 0.128 e. The molecule has 2 rings (SSSR count). The normalized spacial score (nSPS) is 27.6. The molecule has 1 aliphatic carbocycles. The van der Waals surface area contributed by atoms with Crippen LogP contribution in [0.25, 0.3) is 0 Å². The lowest BCUT2D eigenvalue weighted by Gasteiger charge is -2.29. The van der Waals surface area contributed by atoms with Gasteiger partial charge in [0.2, 0.25) is 0 Å². The maximum absolute atomic E-state index is 9.66. The quantitative estimate of drug-likeness (QED) is 0.904. The third-order valence-electron chi connectivity index (χ3n) is 4.26. The van der Waals surface area contributed by atoms with Crippen LogP contribution in [0.1, 0.15) is 39.2 Å². The first kappa shape index (κ1) is 14.4. The lowest BCUT2D eigenvalue weighted by atomic mass is 9.87. The van der Waals surface area contributed by atoms with Gasteiger partial charge in [0.15, 0.2) is 0 Å². The Kier molecular flexibility index (Phi) is 3.73. The molecule has 0 unspecified atom stereocenters. The molecule has 1 N–H and O–H groups in total. The summed E-state index contributed by atoms with van der Waals surface area (Å²) in [7, 11) is 0. The molecule has 0 bridgehead atoms. The minimum Gasteiger partial charge on any atom is -0.367 e. The van der Waals surface area contributed by atoms with E-state index in [1.807, 2.05) is 24.3 Å². The summed E-state index contributed by atoms with van der Waals surface area (Å²) in [5.41, 5.74) is 1.67. The van der Waals surface area contributed by atoms with Gasteiger partial charge >= 0.3 is 0 Å². The van der Waals surface area contributed by atoms with Crippen molar-refractivity contribution in [3.63, 3.8) is 0 Å². The second kappa shape index (κ2) is 5.17. The molecule has 2 atom stereocenters. The summed E-state index contributed by atoms with van der Waals surface area (Å²) in [6.07, 6.45) is 2.34. The predicted octanol–water partition coefficient (Wildman–Crippen LogP) is 3.88. The molecule has 0 radical (unpaired) electrons. The average Bonchev–Trinajstić information content (AvgIpc) is 2.62. The molecule has 104 valence electrons. The highest BCUT2D eigenvalue weighted by Gasteiger charge is 2.49. The molecule has 0 heterocycles. The van der Waals surface area contributed by atoms with Crippen LogP contribution in [0.5, 0.6) is 0 Å². The van der Waals surface area contributed by atoms with Crippen molar-refractivity contribution in [1.29, 1.82) is 10.5 Å². The van der Waals surface area contributed by atoms with Gasteiger partial charge in [-0.05, 0) is 41.9 Å². The molecule has 20 heavy (non-hydrogen) atoms. The Balaban J connectivity index is 2.19. The van der Waals surface area contributed by atoms with Crippen LogP contribution < -0.4 is 5.32 Å². The number of rotatable bonds is 3. The van der Waals surface area contributed by atoms with Crippen LogP contribution >= 0.6 is 0 Å². The fraction of sp³-hybridized carbons (Fsp3) is 0.529. The summed E-state index contributed by atoms with van der Waals surface area (Å²) < 4.78 is 0. The maximum atomic E-state index is 9.66. The second-order valence-electron chi connectivity index (χ2n) is 6.69. The molecule has 0 aliphatic heterocycles. The first-order chi connectivity index (χ1) is 9.41. The van der Waals surface area contributed by atoms with E-state index in [0.29, 0.717) is 12.3 Å². The van der Waals surface area contributed by atoms with Gasteiger partial charge in [-0.1, -0.05) is 32.9 Å². The molecular formula is C17H21N3. The van der Waals surface area contributed by atoms with E-state index in [0.717, 1.165) is 24.1 Å². The van der Waals surface area contributed by atoms with Crippen molar-refractivity contribution in [2.24, 2.45) is 11.3 Å². The molecule has 3 nitrogen and oxygen atoms in total. The number of nitriles is 2. The molecule has 0 saturated heterocycles. The molecule has 1 aromatic rings. The molecule has 0 amide bonds. The van der Waals surface area contributed by atoms with E-state index in [-0.39, 0.29) is 5.41 Å². The third kappa shape index (κ3) is 2.78. The first-order valence-corrected chi connectivity index (χ1v) is 7.06. The number of anilines is 1. The summed E-state index contributed by atoms with van der Waals surface area (Å²) >= 11 is 0. The zero-order valence-electron chi connectivity index (χ0n) is 12.4. The van der Waals surface area contributed by atoms with Gasteiger partial charge < -0.3 is 5.32 Å². The Labute approximate surface area is 121 Å². The molecule has 0 spiro atoms. The van der Waals surface area contributed by atoms with Crippen LogP contribution in [0.3, 0.4) is 0 Å². The standard InChI is InChI=1S/C17H21N3/c1-13-10-16(2,3)11-17(13,12-19)20-15-6-4-14(5-7-15)8-9-18/h4-7,13,20H,8,10-11H2,1-3H3/t13-,17+/m0/s1. The first-order valence-electron chi connectivity index (χ1n) is 7.06. The van der Waals surface area contributed by atoms with Crippen LogP contribution in [0.2, 0.25) is 0 Å². The van der Waals surface area contributed by atoms with Crippen molar-refractivity contribution in [2.45, 2.75) is 45.6 Å². The van der Waals surface area contributed by atoms with Gasteiger partial charge in [-0.15, -0.1) is 0 Å². The van der Waals surface area contributed by atoms with Gasteiger partial charge in [-0.25, -0.2) is 0 Å².